The van der Waals surface area contributed by atoms with E-state index in [1.807, 2.05) is 24.3 Å². The largest absolute Gasteiger partial charge is 0.479 e. The molecule has 2 aromatic rings. The van der Waals surface area contributed by atoms with Crippen LogP contribution >= 0.6 is 0 Å². The lowest BCUT2D eigenvalue weighted by atomic mass is 9.71. The van der Waals surface area contributed by atoms with Crippen molar-refractivity contribution in [1.82, 2.24) is 10.6 Å². The molecule has 34 heavy (non-hydrogen) atoms. The molecule has 3 aliphatic carbocycles. The van der Waals surface area contributed by atoms with Crippen LogP contribution in [0.5, 0.6) is 0 Å². The van der Waals surface area contributed by atoms with Crippen LogP contribution in [0.4, 0.5) is 4.79 Å². The fourth-order valence-corrected chi connectivity index (χ4v) is 5.83. The van der Waals surface area contributed by atoms with Gasteiger partial charge >= 0.3 is 12.1 Å². The van der Waals surface area contributed by atoms with Crippen molar-refractivity contribution in [2.75, 3.05) is 13.2 Å². The highest BCUT2D eigenvalue weighted by molar-refractivity contribution is 5.81. The molecule has 1 unspecified atom stereocenters. The molecule has 2 amide bonds. The predicted molar refractivity (Wildman–Crippen MR) is 123 cm³/mol. The van der Waals surface area contributed by atoms with Crippen molar-refractivity contribution in [3.63, 3.8) is 0 Å². The van der Waals surface area contributed by atoms with E-state index in [4.69, 9.17) is 9.84 Å². The van der Waals surface area contributed by atoms with E-state index in [0.29, 0.717) is 18.8 Å². The lowest BCUT2D eigenvalue weighted by Crippen LogP contribution is -2.50. The highest BCUT2D eigenvalue weighted by atomic mass is 16.5. The van der Waals surface area contributed by atoms with Gasteiger partial charge in [-0.05, 0) is 53.4 Å². The van der Waals surface area contributed by atoms with Gasteiger partial charge in [0.05, 0.1) is 6.54 Å². The van der Waals surface area contributed by atoms with Crippen molar-refractivity contribution in [3.05, 3.63) is 59.7 Å². The number of aliphatic hydroxyl groups is 1. The molecule has 5 atom stereocenters. The van der Waals surface area contributed by atoms with Crippen LogP contribution in [0.3, 0.4) is 0 Å². The van der Waals surface area contributed by atoms with Crippen molar-refractivity contribution < 1.29 is 29.3 Å². The average Bonchev–Trinajstić information content (AvgIpc) is 3.34. The minimum atomic E-state index is -1.61. The van der Waals surface area contributed by atoms with Crippen LogP contribution < -0.4 is 10.6 Å². The van der Waals surface area contributed by atoms with Crippen molar-refractivity contribution >= 4 is 18.0 Å². The third-order valence-electron chi connectivity index (χ3n) is 7.60. The van der Waals surface area contributed by atoms with Gasteiger partial charge < -0.3 is 25.6 Å². The predicted octanol–water partition coefficient (Wildman–Crippen LogP) is 2.50. The average molecular weight is 465 g/mol. The van der Waals surface area contributed by atoms with Crippen molar-refractivity contribution in [1.29, 1.82) is 0 Å². The molecule has 0 aliphatic heterocycles. The normalized spacial score (nSPS) is 25.3. The van der Waals surface area contributed by atoms with Gasteiger partial charge in [0.25, 0.3) is 0 Å². The molecule has 2 saturated carbocycles. The quantitative estimate of drug-likeness (QED) is 0.499. The van der Waals surface area contributed by atoms with Crippen LogP contribution in [-0.2, 0) is 14.3 Å². The van der Waals surface area contributed by atoms with Gasteiger partial charge in [-0.2, -0.15) is 0 Å². The van der Waals surface area contributed by atoms with Crippen LogP contribution in [0.25, 0.3) is 11.1 Å². The Hall–Kier alpha value is -3.39. The maximum atomic E-state index is 12.6. The van der Waals surface area contributed by atoms with Gasteiger partial charge in [0.2, 0.25) is 5.91 Å². The zero-order valence-electron chi connectivity index (χ0n) is 18.6. The fourth-order valence-electron chi connectivity index (χ4n) is 5.83. The first-order valence-electron chi connectivity index (χ1n) is 11.7. The van der Waals surface area contributed by atoms with Gasteiger partial charge in [0.15, 0.2) is 6.10 Å². The molecule has 2 fully saturated rings. The number of carboxylic acid groups (broad SMARTS) is 1. The molecule has 8 heteroatoms. The zero-order chi connectivity index (χ0) is 23.8. The Morgan fingerprint density at radius 3 is 2.26 bits per heavy atom. The first-order valence-corrected chi connectivity index (χ1v) is 11.7. The maximum Gasteiger partial charge on any atom is 0.407 e. The number of aliphatic hydroxyl groups excluding tert-OH is 1. The molecular formula is C26H28N2O6. The first kappa shape index (κ1) is 22.4. The second-order valence-electron chi connectivity index (χ2n) is 9.50. The van der Waals surface area contributed by atoms with Gasteiger partial charge in [-0.15, -0.1) is 0 Å². The van der Waals surface area contributed by atoms with Crippen LogP contribution in [0.1, 0.15) is 36.3 Å². The number of aliphatic carboxylic acids is 1. The summed E-state index contributed by atoms with van der Waals surface area (Å²) < 4.78 is 5.64. The number of rotatable bonds is 7. The maximum absolute atomic E-state index is 12.6. The number of carboxylic acids is 1. The van der Waals surface area contributed by atoms with Crippen molar-refractivity contribution in [2.24, 2.45) is 17.8 Å². The highest BCUT2D eigenvalue weighted by Gasteiger charge is 2.50. The Morgan fingerprint density at radius 2 is 1.62 bits per heavy atom. The Labute approximate surface area is 197 Å². The summed E-state index contributed by atoms with van der Waals surface area (Å²) in [5.74, 6) is -1.26. The SMILES string of the molecule is O=C(N[C@H]1C[C@H]2CC(C(=O)NC[C@H](O)C(=O)O)C[C@H]21)OCC1c2ccccc2-c2ccccc21. The second-order valence-corrected chi connectivity index (χ2v) is 9.50. The van der Waals surface area contributed by atoms with Crippen molar-refractivity contribution in [3.8, 4) is 11.1 Å². The molecule has 2 aromatic carbocycles. The number of alkyl carbamates (subject to hydrolysis) is 1. The van der Waals surface area contributed by atoms with E-state index in [-0.39, 0.29) is 42.9 Å². The standard InChI is InChI=1S/C26H28N2O6/c29-23(25(31)32)12-27-24(30)15-9-14-11-22(20(14)10-15)28-26(33)34-13-21-18-7-3-1-5-16(18)17-6-2-4-8-19(17)21/h1-8,14-15,20-23,29H,9-13H2,(H,27,30)(H,28,33)(H,31,32)/t14-,15?,20-,22+,23+/m1/s1. The van der Waals surface area contributed by atoms with Gasteiger partial charge in [-0.3, -0.25) is 4.79 Å². The van der Waals surface area contributed by atoms with Crippen LogP contribution in [0.2, 0.25) is 0 Å². The van der Waals surface area contributed by atoms with E-state index in [9.17, 15) is 19.5 Å². The van der Waals surface area contributed by atoms with Crippen LogP contribution in [0.15, 0.2) is 48.5 Å². The molecule has 0 bridgehead atoms. The molecule has 8 nitrogen and oxygen atoms in total. The number of benzene rings is 2. The number of hydrogen-bond acceptors (Lipinski definition) is 5. The Morgan fingerprint density at radius 1 is 0.971 bits per heavy atom. The summed E-state index contributed by atoms with van der Waals surface area (Å²) in [5, 5.41) is 23.6. The van der Waals surface area contributed by atoms with Gasteiger partial charge in [0.1, 0.15) is 6.61 Å². The molecule has 0 spiro atoms. The van der Waals surface area contributed by atoms with Crippen LogP contribution in [0, 0.1) is 17.8 Å². The number of hydrogen-bond donors (Lipinski definition) is 4. The van der Waals surface area contributed by atoms with Gasteiger partial charge in [-0.1, -0.05) is 48.5 Å². The third-order valence-corrected chi connectivity index (χ3v) is 7.60. The summed E-state index contributed by atoms with van der Waals surface area (Å²) >= 11 is 0. The monoisotopic (exact) mass is 464 g/mol. The minimum Gasteiger partial charge on any atom is -0.479 e. The topological polar surface area (TPSA) is 125 Å². The van der Waals surface area contributed by atoms with E-state index in [1.54, 1.807) is 0 Å². The summed E-state index contributed by atoms with van der Waals surface area (Å²) in [6, 6.07) is 16.4. The summed E-state index contributed by atoms with van der Waals surface area (Å²) in [4.78, 5) is 35.6. The number of nitrogens with one attached hydrogen (secondary N) is 2. The summed E-state index contributed by atoms with van der Waals surface area (Å²) in [6.07, 6.45) is 0.0975. The van der Waals surface area contributed by atoms with Crippen LogP contribution in [-0.4, -0.2) is 53.5 Å². The summed E-state index contributed by atoms with van der Waals surface area (Å²) in [6.45, 7) is -0.0426. The van der Waals surface area contributed by atoms with E-state index in [2.05, 4.69) is 34.9 Å². The third kappa shape index (κ3) is 4.14. The number of ether oxygens (including phenoxy) is 1. The molecule has 4 N–H and O–H groups in total. The summed E-state index contributed by atoms with van der Waals surface area (Å²) in [5.41, 5.74) is 4.69. The number of amides is 2. The molecule has 178 valence electrons. The second kappa shape index (κ2) is 9.10. The molecule has 0 heterocycles. The Kier molecular flexibility index (Phi) is 6.00. The molecule has 0 radical (unpaired) electrons. The Balaban J connectivity index is 1.12. The molecule has 0 saturated heterocycles. The summed E-state index contributed by atoms with van der Waals surface area (Å²) in [7, 11) is 0. The van der Waals surface area contributed by atoms with Gasteiger partial charge in [0, 0.05) is 17.9 Å². The number of fused-ring (bicyclic) bond motifs is 4. The molecule has 5 rings (SSSR count). The highest BCUT2D eigenvalue weighted by Crippen LogP contribution is 2.50. The lowest BCUT2D eigenvalue weighted by Gasteiger charge is -2.40. The lowest BCUT2D eigenvalue weighted by molar-refractivity contribution is -0.146. The smallest absolute Gasteiger partial charge is 0.407 e. The molecule has 0 aromatic heterocycles. The zero-order valence-corrected chi connectivity index (χ0v) is 18.6. The fraction of sp³-hybridized carbons (Fsp3) is 0.423. The first-order chi connectivity index (χ1) is 16.4. The minimum absolute atomic E-state index is 0.00741. The number of carbonyl (C=O) groups excluding carboxylic acids is 2. The van der Waals surface area contributed by atoms with E-state index < -0.39 is 18.2 Å². The molecule has 3 aliphatic rings. The van der Waals surface area contributed by atoms with Gasteiger partial charge in [-0.25, -0.2) is 9.59 Å². The Bertz CT molecular complexity index is 1070. The van der Waals surface area contributed by atoms with E-state index >= 15 is 0 Å². The molecular weight excluding hydrogens is 436 g/mol. The number of carbonyl (C=O) groups is 3. The van der Waals surface area contributed by atoms with Crippen molar-refractivity contribution in [2.45, 2.75) is 37.3 Å². The van der Waals surface area contributed by atoms with E-state index in [0.717, 1.165) is 17.5 Å². The van der Waals surface area contributed by atoms with E-state index in [1.165, 1.54) is 11.1 Å².